The summed E-state index contributed by atoms with van der Waals surface area (Å²) in [5.74, 6) is -6.49. The second kappa shape index (κ2) is 27.2. The fourth-order valence-corrected chi connectivity index (χ4v) is 17.1. The van der Waals surface area contributed by atoms with Crippen molar-refractivity contribution in [2.24, 2.45) is 46.3 Å². The molecular formula is C65H108FN3O18. The second-order valence-electron chi connectivity index (χ2n) is 28.7. The molecule has 0 spiro atoms. The number of esters is 3. The number of allylic oxidation sites excluding steroid dienone is 4. The number of nitrogens with one attached hydrogen (secondary N) is 1. The lowest BCUT2D eigenvalue weighted by Crippen LogP contribution is -2.69. The van der Waals surface area contributed by atoms with E-state index in [0.717, 1.165) is 0 Å². The van der Waals surface area contributed by atoms with Crippen LogP contribution in [-0.4, -0.2) is 226 Å². The van der Waals surface area contributed by atoms with Crippen LogP contribution in [0.3, 0.4) is 0 Å². The number of hydrogen-bond donors (Lipinski definition) is 7. The molecule has 2 saturated carbocycles. The van der Waals surface area contributed by atoms with Gasteiger partial charge in [0.15, 0.2) is 24.0 Å². The number of hydrogen-bond acceptors (Lipinski definition) is 21. The molecule has 26 atom stereocenters. The zero-order valence-electron chi connectivity index (χ0n) is 55.0. The Kier molecular flexibility index (Phi) is 22.4. The van der Waals surface area contributed by atoms with Gasteiger partial charge in [0.25, 0.3) is 0 Å². The number of aliphatic hydroxyl groups excluding tert-OH is 4. The van der Waals surface area contributed by atoms with E-state index in [0.29, 0.717) is 44.5 Å². The first-order chi connectivity index (χ1) is 40.5. The Hall–Kier alpha value is -3.07. The van der Waals surface area contributed by atoms with Crippen LogP contribution in [0.5, 0.6) is 0 Å². The van der Waals surface area contributed by atoms with Crippen molar-refractivity contribution in [3.05, 3.63) is 23.8 Å². The molecule has 3 saturated heterocycles. The van der Waals surface area contributed by atoms with Crippen LogP contribution in [0.15, 0.2) is 23.8 Å². The predicted molar refractivity (Wildman–Crippen MR) is 319 cm³/mol. The first-order valence-corrected chi connectivity index (χ1v) is 32.0. The summed E-state index contributed by atoms with van der Waals surface area (Å²) in [4.78, 5) is 59.4. The molecule has 0 radical (unpaired) electrons. The van der Waals surface area contributed by atoms with Crippen LogP contribution >= 0.6 is 0 Å². The SMILES string of the molecule is CC[C@H]1OC(=O)[C@H](C)[C@@H](O[C@H]2C[C@@](C)(OC)[C@@H](O)[C@H](C)O2)[C@H](C)[C@@H](O[C@@H]2O[C@H](C)C[C@H](N(C)C)[C@H]2O)[C@](C)(O)C[C@@H](C)CN(CCCNCCC(=O)O[C@]2(C(=O)OC)[C@H](C)CC3C4CC=C5CC(=O)C=C[C@]5(C)[C@@]4(F)[C@@H](O)C[C@@]32C)[C@H](C)[C@@H](O)[C@]1(C)O. The number of carbonyl (C=O) groups is 4. The van der Waals surface area contributed by atoms with Crippen molar-refractivity contribution < 1.29 is 92.1 Å². The van der Waals surface area contributed by atoms with E-state index in [9.17, 15) is 49.8 Å². The summed E-state index contributed by atoms with van der Waals surface area (Å²) < 4.78 is 68.0. The Balaban J connectivity index is 1.10. The Bertz CT molecular complexity index is 2480. The van der Waals surface area contributed by atoms with Crippen LogP contribution in [0.25, 0.3) is 0 Å². The van der Waals surface area contributed by atoms with Crippen LogP contribution in [0, 0.1) is 46.3 Å². The first-order valence-electron chi connectivity index (χ1n) is 32.0. The fourth-order valence-electron chi connectivity index (χ4n) is 17.1. The standard InChI is InChI=1S/C65H108FN3O18/c1-18-48-63(13,79)53(74)40(7)69(27-19-25-67-26-23-49(72)87-65(58(77)80-16)36(3)28-45-44-21-20-42-30-43(70)22-24-59(42,9)64(44,66)47(71)32-60(45,65)10)34-35(2)31-61(11,78)55(86-57-51(73)46(68(14)15)29-37(4)82-57)38(5)52(39(6)56(76)84-48)85-50-33-62(12,81-17)54(75)41(8)83-50/h20,22,24,35-41,44-48,50-55,57,67,71,73-75,78-79H,18-19,21,23,25-34H2,1-17H3/t35-,36-,37-,38+,39-,40-,41+,44?,45?,46+,47+,48-,50+,51-,52+,53-,54+,55-,57+,59+,60+,61-,62-,63-,64+,65+/m1/s1. The number of nitrogens with zero attached hydrogens (tertiary/aromatic N) is 2. The lowest BCUT2D eigenvalue weighted by atomic mass is 9.45. The average molecular weight is 1240 g/mol. The van der Waals surface area contributed by atoms with E-state index in [2.05, 4.69) is 5.32 Å². The summed E-state index contributed by atoms with van der Waals surface area (Å²) in [5, 5.41) is 76.0. The van der Waals surface area contributed by atoms with Crippen LogP contribution in [0.1, 0.15) is 154 Å². The third kappa shape index (κ3) is 13.3. The highest BCUT2D eigenvalue weighted by Gasteiger charge is 2.78. The molecule has 0 aromatic rings. The molecule has 2 unspecified atom stereocenters. The molecular weight excluding hydrogens is 1130 g/mol. The van der Waals surface area contributed by atoms with Crippen LogP contribution in [0.2, 0.25) is 0 Å². The average Bonchev–Trinajstić information content (AvgIpc) is 1.75. The number of ketones is 1. The van der Waals surface area contributed by atoms with Gasteiger partial charge in [-0.2, -0.15) is 0 Å². The number of aliphatic hydroxyl groups is 6. The van der Waals surface area contributed by atoms with Gasteiger partial charge in [-0.15, -0.1) is 0 Å². The number of methoxy groups -OCH3 is 2. The van der Waals surface area contributed by atoms with Crippen molar-refractivity contribution in [1.82, 2.24) is 15.1 Å². The lowest BCUT2D eigenvalue weighted by molar-refractivity contribution is -0.318. The molecule has 498 valence electrons. The fraction of sp³-hybridized carbons (Fsp3) is 0.877. The molecule has 87 heavy (non-hydrogen) atoms. The summed E-state index contributed by atoms with van der Waals surface area (Å²) in [7, 11) is 6.43. The van der Waals surface area contributed by atoms with Crippen LogP contribution < -0.4 is 5.32 Å². The minimum atomic E-state index is -2.15. The van der Waals surface area contributed by atoms with E-state index in [-0.39, 0.29) is 75.3 Å². The van der Waals surface area contributed by atoms with Crippen molar-refractivity contribution in [2.75, 3.05) is 54.5 Å². The third-order valence-electron chi connectivity index (χ3n) is 22.2. The van der Waals surface area contributed by atoms with E-state index in [1.165, 1.54) is 27.2 Å². The van der Waals surface area contributed by atoms with Crippen molar-refractivity contribution in [3.63, 3.8) is 0 Å². The quantitative estimate of drug-likeness (QED) is 0.0477. The molecule has 7 aliphatic rings. The number of cyclic esters (lactones) is 1. The normalized spacial score (nSPS) is 47.6. The molecule has 21 nitrogen and oxygen atoms in total. The monoisotopic (exact) mass is 1240 g/mol. The number of ether oxygens (including phenoxy) is 8. The van der Waals surface area contributed by atoms with Gasteiger partial charge in [-0.1, -0.05) is 52.3 Å². The smallest absolute Gasteiger partial charge is 0.351 e. The summed E-state index contributed by atoms with van der Waals surface area (Å²) in [5.41, 5.74) is -10.6. The summed E-state index contributed by atoms with van der Waals surface area (Å²) in [6, 6.07) is -1.11. The zero-order chi connectivity index (χ0) is 64.9. The summed E-state index contributed by atoms with van der Waals surface area (Å²) in [6.07, 6.45) is -5.57. The highest BCUT2D eigenvalue weighted by Crippen LogP contribution is 2.71. The van der Waals surface area contributed by atoms with Gasteiger partial charge in [-0.25, -0.2) is 9.18 Å². The molecule has 4 aliphatic carbocycles. The number of fused-ring (bicyclic) bond motifs is 5. The third-order valence-corrected chi connectivity index (χ3v) is 22.2. The first kappa shape index (κ1) is 71.4. The van der Waals surface area contributed by atoms with Gasteiger partial charge in [0.05, 0.1) is 61.2 Å². The number of carbonyl (C=O) groups excluding carboxylic acids is 4. The summed E-state index contributed by atoms with van der Waals surface area (Å²) in [6.45, 7) is 23.8. The molecule has 3 heterocycles. The minimum absolute atomic E-state index is 0.0671. The van der Waals surface area contributed by atoms with Gasteiger partial charge in [-0.3, -0.25) is 19.3 Å². The molecule has 0 aromatic heterocycles. The molecule has 7 rings (SSSR count). The van der Waals surface area contributed by atoms with Gasteiger partial charge in [-0.05, 0) is 145 Å². The predicted octanol–water partition coefficient (Wildman–Crippen LogP) is 4.71. The maximum atomic E-state index is 18.0. The summed E-state index contributed by atoms with van der Waals surface area (Å²) >= 11 is 0. The highest BCUT2D eigenvalue weighted by molar-refractivity contribution is 5.93. The maximum Gasteiger partial charge on any atom is 0.351 e. The van der Waals surface area contributed by atoms with Gasteiger partial charge in [0, 0.05) is 73.7 Å². The second-order valence-corrected chi connectivity index (χ2v) is 28.7. The van der Waals surface area contributed by atoms with Gasteiger partial charge in [0.2, 0.25) is 5.60 Å². The molecule has 3 aliphatic heterocycles. The highest BCUT2D eigenvalue weighted by atomic mass is 19.1. The number of rotatable bonds is 16. The Morgan fingerprint density at radius 1 is 0.885 bits per heavy atom. The van der Waals surface area contributed by atoms with Crippen molar-refractivity contribution in [1.29, 1.82) is 0 Å². The number of alkyl halides is 1. The Morgan fingerprint density at radius 2 is 1.56 bits per heavy atom. The van der Waals surface area contributed by atoms with Gasteiger partial charge >= 0.3 is 17.9 Å². The number of halogens is 1. The molecule has 22 heteroatoms. The van der Waals surface area contributed by atoms with E-state index in [1.54, 1.807) is 75.3 Å². The molecule has 0 bridgehead atoms. The van der Waals surface area contributed by atoms with Crippen molar-refractivity contribution in [2.45, 2.75) is 262 Å². The van der Waals surface area contributed by atoms with Crippen LogP contribution in [-0.2, 0) is 57.1 Å². The molecule has 0 aromatic carbocycles. The molecule has 5 fully saturated rings. The van der Waals surface area contributed by atoms with E-state index in [1.807, 2.05) is 43.8 Å². The lowest BCUT2D eigenvalue weighted by Gasteiger charge is -2.62. The Labute approximate surface area is 515 Å². The number of likely N-dealkylation sites (N-methyl/N-ethyl adjacent to an activating group) is 1. The van der Waals surface area contributed by atoms with E-state index >= 15 is 4.39 Å². The van der Waals surface area contributed by atoms with Gasteiger partial charge < -0.3 is 78.8 Å². The van der Waals surface area contributed by atoms with E-state index in [4.69, 9.17) is 37.9 Å². The minimum Gasteiger partial charge on any atom is -0.466 e. The van der Waals surface area contributed by atoms with Gasteiger partial charge in [0.1, 0.15) is 30.0 Å². The molecule has 0 amide bonds. The Morgan fingerprint density at radius 3 is 2.20 bits per heavy atom. The van der Waals surface area contributed by atoms with E-state index < -0.39 is 154 Å². The van der Waals surface area contributed by atoms with Crippen molar-refractivity contribution in [3.8, 4) is 0 Å². The zero-order valence-corrected chi connectivity index (χ0v) is 55.0. The largest absolute Gasteiger partial charge is 0.466 e. The van der Waals surface area contributed by atoms with Crippen molar-refractivity contribution >= 4 is 23.7 Å². The van der Waals surface area contributed by atoms with Crippen LogP contribution in [0.4, 0.5) is 4.39 Å². The maximum absolute atomic E-state index is 18.0. The molecule has 7 N–H and O–H groups in total. The topological polar surface area (TPSA) is 282 Å².